The SMILES string of the molecule is COc1c(Br)cccc1N=Nc1c(C)[nH]n(-c2nc(C)c(C)s2)c1=O. The van der Waals surface area contributed by atoms with Crippen LogP contribution in [0.15, 0.2) is 37.7 Å². The predicted molar refractivity (Wildman–Crippen MR) is 101 cm³/mol. The number of H-pyrrole nitrogens is 1. The Bertz CT molecular complexity index is 999. The number of nitrogens with one attached hydrogen (secondary N) is 1. The third-order valence-corrected chi connectivity index (χ3v) is 5.34. The Labute approximate surface area is 156 Å². The van der Waals surface area contributed by atoms with Gasteiger partial charge >= 0.3 is 5.56 Å². The monoisotopic (exact) mass is 421 g/mol. The summed E-state index contributed by atoms with van der Waals surface area (Å²) in [6.07, 6.45) is 0. The molecule has 0 atom stereocenters. The normalized spacial score (nSPS) is 11.4. The lowest BCUT2D eigenvalue weighted by atomic mass is 10.3. The van der Waals surface area contributed by atoms with E-state index in [2.05, 4.69) is 36.2 Å². The summed E-state index contributed by atoms with van der Waals surface area (Å²) in [7, 11) is 1.56. The maximum Gasteiger partial charge on any atom is 0.301 e. The van der Waals surface area contributed by atoms with Crippen LogP contribution < -0.4 is 10.3 Å². The standard InChI is InChI=1S/C16H16BrN5O2S/c1-8-10(3)25-16(18-8)22-15(23)13(9(2)21-22)20-19-12-7-5-6-11(17)14(12)24-4/h5-7,21H,1-4H3. The molecule has 0 fully saturated rings. The van der Waals surface area contributed by atoms with Gasteiger partial charge in [0.15, 0.2) is 11.4 Å². The van der Waals surface area contributed by atoms with E-state index in [0.29, 0.717) is 22.3 Å². The second-order valence-electron chi connectivity index (χ2n) is 5.36. The van der Waals surface area contributed by atoms with Gasteiger partial charge in [-0.15, -0.1) is 10.2 Å². The fourth-order valence-electron chi connectivity index (χ4n) is 2.22. The zero-order valence-corrected chi connectivity index (χ0v) is 16.5. The van der Waals surface area contributed by atoms with E-state index in [9.17, 15) is 4.79 Å². The molecule has 0 unspecified atom stereocenters. The van der Waals surface area contributed by atoms with Crippen LogP contribution in [0.25, 0.3) is 5.13 Å². The molecule has 0 aliphatic heterocycles. The lowest BCUT2D eigenvalue weighted by Gasteiger charge is -2.04. The first-order chi connectivity index (χ1) is 11.9. The first-order valence-corrected chi connectivity index (χ1v) is 9.03. The summed E-state index contributed by atoms with van der Waals surface area (Å²) < 4.78 is 7.48. The Morgan fingerprint density at radius 3 is 2.68 bits per heavy atom. The molecule has 0 radical (unpaired) electrons. The van der Waals surface area contributed by atoms with Crippen LogP contribution in [-0.4, -0.2) is 21.9 Å². The molecule has 0 aliphatic rings. The predicted octanol–water partition coefficient (Wildman–Crippen LogP) is 4.73. The van der Waals surface area contributed by atoms with Gasteiger partial charge in [-0.25, -0.2) is 4.98 Å². The third-order valence-electron chi connectivity index (χ3n) is 3.66. The van der Waals surface area contributed by atoms with Gasteiger partial charge in [0.2, 0.25) is 5.13 Å². The molecule has 0 saturated carbocycles. The number of aromatic nitrogens is 3. The van der Waals surface area contributed by atoms with Gasteiger partial charge in [0.1, 0.15) is 5.69 Å². The molecule has 0 spiro atoms. The van der Waals surface area contributed by atoms with Crippen LogP contribution in [0.4, 0.5) is 11.4 Å². The van der Waals surface area contributed by atoms with E-state index in [1.54, 1.807) is 20.1 Å². The molecule has 2 heterocycles. The average Bonchev–Trinajstić information content (AvgIpc) is 3.05. The number of hydrogen-bond acceptors (Lipinski definition) is 6. The van der Waals surface area contributed by atoms with Gasteiger partial charge in [0, 0.05) is 4.88 Å². The molecule has 1 aromatic carbocycles. The highest BCUT2D eigenvalue weighted by atomic mass is 79.9. The number of thiazole rings is 1. The lowest BCUT2D eigenvalue weighted by molar-refractivity contribution is 0.413. The Morgan fingerprint density at radius 2 is 2.04 bits per heavy atom. The van der Waals surface area contributed by atoms with Crippen molar-refractivity contribution < 1.29 is 4.74 Å². The summed E-state index contributed by atoms with van der Waals surface area (Å²) in [4.78, 5) is 18.1. The molecular weight excluding hydrogens is 406 g/mol. The summed E-state index contributed by atoms with van der Waals surface area (Å²) in [5.41, 5.74) is 2.01. The fourth-order valence-corrected chi connectivity index (χ4v) is 3.61. The first-order valence-electron chi connectivity index (χ1n) is 7.42. The minimum Gasteiger partial charge on any atom is -0.493 e. The van der Waals surface area contributed by atoms with E-state index >= 15 is 0 Å². The van der Waals surface area contributed by atoms with Gasteiger partial charge in [0.25, 0.3) is 0 Å². The zero-order valence-electron chi connectivity index (χ0n) is 14.1. The Hall–Kier alpha value is -2.26. The van der Waals surface area contributed by atoms with Gasteiger partial charge in [0.05, 0.1) is 23.0 Å². The molecule has 3 rings (SSSR count). The van der Waals surface area contributed by atoms with Gasteiger partial charge in [-0.1, -0.05) is 17.4 Å². The van der Waals surface area contributed by atoms with Crippen molar-refractivity contribution in [2.75, 3.05) is 7.11 Å². The first kappa shape index (κ1) is 17.6. The Morgan fingerprint density at radius 1 is 1.28 bits per heavy atom. The van der Waals surface area contributed by atoms with Crippen molar-refractivity contribution in [1.29, 1.82) is 0 Å². The van der Waals surface area contributed by atoms with E-state index in [4.69, 9.17) is 4.74 Å². The van der Waals surface area contributed by atoms with Gasteiger partial charge < -0.3 is 4.74 Å². The van der Waals surface area contributed by atoms with E-state index in [1.165, 1.54) is 16.0 Å². The van der Waals surface area contributed by atoms with Crippen LogP contribution in [0.1, 0.15) is 16.3 Å². The number of nitrogens with zero attached hydrogens (tertiary/aromatic N) is 4. The van der Waals surface area contributed by atoms with Crippen molar-refractivity contribution in [3.8, 4) is 10.9 Å². The number of hydrogen-bond donors (Lipinski definition) is 1. The summed E-state index contributed by atoms with van der Waals surface area (Å²) in [5.74, 6) is 0.561. The largest absolute Gasteiger partial charge is 0.493 e. The molecule has 25 heavy (non-hydrogen) atoms. The maximum atomic E-state index is 12.7. The van der Waals surface area contributed by atoms with Crippen LogP contribution in [0, 0.1) is 20.8 Å². The molecule has 0 saturated heterocycles. The van der Waals surface area contributed by atoms with Gasteiger partial charge in [-0.2, -0.15) is 4.68 Å². The van der Waals surface area contributed by atoms with Crippen molar-refractivity contribution in [2.45, 2.75) is 20.8 Å². The van der Waals surface area contributed by atoms with Crippen molar-refractivity contribution in [2.24, 2.45) is 10.2 Å². The van der Waals surface area contributed by atoms with E-state index in [-0.39, 0.29) is 11.2 Å². The van der Waals surface area contributed by atoms with Crippen molar-refractivity contribution in [3.05, 3.63) is 49.3 Å². The number of halogens is 1. The number of benzene rings is 1. The van der Waals surface area contributed by atoms with Crippen LogP contribution in [0.2, 0.25) is 0 Å². The molecule has 7 nitrogen and oxygen atoms in total. The summed E-state index contributed by atoms with van der Waals surface area (Å²) in [6, 6.07) is 5.44. The third kappa shape index (κ3) is 3.29. The highest BCUT2D eigenvalue weighted by molar-refractivity contribution is 9.10. The lowest BCUT2D eigenvalue weighted by Crippen LogP contribution is -2.13. The molecule has 1 N–H and O–H groups in total. The summed E-state index contributed by atoms with van der Waals surface area (Å²) >= 11 is 4.85. The number of azo groups is 1. The molecule has 0 bridgehead atoms. The molecule has 0 amide bonds. The quantitative estimate of drug-likeness (QED) is 0.617. The van der Waals surface area contributed by atoms with E-state index < -0.39 is 0 Å². The minimum absolute atomic E-state index is 0.243. The number of aryl methyl sites for hydroxylation is 3. The number of methoxy groups -OCH3 is 1. The molecule has 3 aromatic rings. The zero-order chi connectivity index (χ0) is 18.1. The molecule has 0 aliphatic carbocycles. The van der Waals surface area contributed by atoms with E-state index in [0.717, 1.165) is 15.0 Å². The molecule has 2 aromatic heterocycles. The van der Waals surface area contributed by atoms with Crippen molar-refractivity contribution in [1.82, 2.24) is 14.8 Å². The highest BCUT2D eigenvalue weighted by Gasteiger charge is 2.16. The number of para-hydroxylation sites is 1. The topological polar surface area (TPSA) is 84.6 Å². The average molecular weight is 422 g/mol. The van der Waals surface area contributed by atoms with E-state index in [1.807, 2.05) is 26.0 Å². The van der Waals surface area contributed by atoms with Gasteiger partial charge in [-0.3, -0.25) is 9.89 Å². The fraction of sp³-hybridized carbons (Fsp3) is 0.250. The highest BCUT2D eigenvalue weighted by Crippen LogP contribution is 2.35. The Balaban J connectivity index is 2.02. The van der Waals surface area contributed by atoms with Crippen molar-refractivity contribution >= 4 is 38.6 Å². The second kappa shape index (κ2) is 6.93. The second-order valence-corrected chi connectivity index (χ2v) is 7.39. The minimum atomic E-state index is -0.288. The maximum absolute atomic E-state index is 12.7. The molecular formula is C16H16BrN5O2S. The van der Waals surface area contributed by atoms with Crippen LogP contribution in [-0.2, 0) is 0 Å². The van der Waals surface area contributed by atoms with Crippen LogP contribution >= 0.6 is 27.3 Å². The summed E-state index contributed by atoms with van der Waals surface area (Å²) in [6.45, 7) is 5.66. The number of ether oxygens (including phenoxy) is 1. The van der Waals surface area contributed by atoms with Crippen molar-refractivity contribution in [3.63, 3.8) is 0 Å². The van der Waals surface area contributed by atoms with Gasteiger partial charge in [-0.05, 0) is 48.8 Å². The molecule has 9 heteroatoms. The van der Waals surface area contributed by atoms with Crippen LogP contribution in [0.5, 0.6) is 5.75 Å². The Kier molecular flexibility index (Phi) is 4.87. The van der Waals surface area contributed by atoms with Crippen LogP contribution in [0.3, 0.4) is 0 Å². The summed E-state index contributed by atoms with van der Waals surface area (Å²) in [5, 5.41) is 11.9. The number of aromatic amines is 1. The number of rotatable bonds is 4. The molecule has 130 valence electrons. The smallest absolute Gasteiger partial charge is 0.301 e.